The van der Waals surface area contributed by atoms with Crippen molar-refractivity contribution in [1.29, 1.82) is 0 Å². The van der Waals surface area contributed by atoms with Gasteiger partial charge in [-0.3, -0.25) is 9.97 Å². The normalized spacial score (nSPS) is 10.4. The van der Waals surface area contributed by atoms with Gasteiger partial charge in [0.2, 0.25) is 0 Å². The van der Waals surface area contributed by atoms with Gasteiger partial charge >= 0.3 is 16.6 Å². The molecule has 0 amide bonds. The number of nitrogens with zero attached hydrogens (tertiary/aromatic N) is 2. The molecule has 84 valence electrons. The monoisotopic (exact) mass is 248 g/mol. The molecule has 0 saturated carbocycles. The molecule has 0 saturated heterocycles. The highest BCUT2D eigenvalue weighted by molar-refractivity contribution is 6.00. The summed E-state index contributed by atoms with van der Waals surface area (Å²) in [6, 6.07) is 12.0. The lowest BCUT2D eigenvalue weighted by Gasteiger charge is -2.09. The van der Waals surface area contributed by atoms with Gasteiger partial charge in [-0.05, 0) is 17.5 Å². The maximum Gasteiger partial charge on any atom is 0.482 e. The Morgan fingerprint density at radius 1 is 1.00 bits per heavy atom. The topological polar surface area (TPSA) is 35.0 Å². The molecule has 0 aliphatic rings. The van der Waals surface area contributed by atoms with Crippen LogP contribution in [0.25, 0.3) is 22.0 Å². The second-order valence-corrected chi connectivity index (χ2v) is 4.14. The molecule has 3 nitrogen and oxygen atoms in total. The van der Waals surface area contributed by atoms with E-state index in [1.165, 1.54) is 0 Å². The third kappa shape index (κ3) is 1.97. The Balaban J connectivity index is 2.19. The number of hydrogen-bond acceptors (Lipinski definition) is 3. The smallest absolute Gasteiger partial charge is 0.482 e. The first-order valence-electron chi connectivity index (χ1n) is 5.54. The number of aromatic nitrogens is 2. The summed E-state index contributed by atoms with van der Waals surface area (Å²) < 4.78 is 5.25. The van der Waals surface area contributed by atoms with Crippen LogP contribution in [0.15, 0.2) is 55.0 Å². The predicted octanol–water partition coefficient (Wildman–Crippen LogP) is 2.76. The second-order valence-electron chi connectivity index (χ2n) is 3.91. The lowest BCUT2D eigenvalue weighted by atomic mass is 10.1. The Morgan fingerprint density at radius 2 is 1.83 bits per heavy atom. The van der Waals surface area contributed by atoms with Crippen LogP contribution in [-0.2, 0) is 0 Å². The molecule has 0 N–H and O–H groups in total. The van der Waals surface area contributed by atoms with Gasteiger partial charge in [0.15, 0.2) is 0 Å². The summed E-state index contributed by atoms with van der Waals surface area (Å²) >= 11 is 2.25. The zero-order chi connectivity index (χ0) is 12.4. The Morgan fingerprint density at radius 3 is 2.67 bits per heavy atom. The van der Waals surface area contributed by atoms with E-state index in [1.54, 1.807) is 12.4 Å². The molecule has 3 rings (SSSR count). The highest BCUT2D eigenvalue weighted by Crippen LogP contribution is 2.28. The largest absolute Gasteiger partial charge is 0.653 e. The van der Waals surface area contributed by atoms with Gasteiger partial charge in [-0.2, -0.15) is 0 Å². The Hall–Kier alpha value is -1.89. The first-order valence-corrected chi connectivity index (χ1v) is 6.01. The molecule has 18 heavy (non-hydrogen) atoms. The van der Waals surface area contributed by atoms with Crippen molar-refractivity contribution >= 4 is 27.4 Å². The van der Waals surface area contributed by atoms with Gasteiger partial charge in [0, 0.05) is 24.0 Å². The number of rotatable bonds is 2. The van der Waals surface area contributed by atoms with Gasteiger partial charge in [-0.25, -0.2) is 0 Å². The van der Waals surface area contributed by atoms with Gasteiger partial charge in [0.05, 0.1) is 17.0 Å². The number of benzene rings is 1. The Labute approximate surface area is 113 Å². The molecule has 0 unspecified atom stereocenters. The van der Waals surface area contributed by atoms with E-state index in [0.29, 0.717) is 0 Å². The minimum absolute atomic E-state index is 0.748. The fraction of sp³-hybridized carbons (Fsp3) is 0. The second kappa shape index (κ2) is 4.77. The minimum atomic E-state index is 0.748. The summed E-state index contributed by atoms with van der Waals surface area (Å²) in [5.74, 6) is 0.748. The van der Waals surface area contributed by atoms with Crippen molar-refractivity contribution in [1.82, 2.24) is 9.97 Å². The van der Waals surface area contributed by atoms with Crippen LogP contribution >= 0.6 is 0 Å². The number of fused-ring (bicyclic) bond motifs is 1. The van der Waals surface area contributed by atoms with E-state index in [4.69, 9.17) is 3.79 Å². The molecule has 0 aliphatic heterocycles. The van der Waals surface area contributed by atoms with Crippen LogP contribution in [0.3, 0.4) is 0 Å². The molecule has 0 fully saturated rings. The molecule has 2 heterocycles. The lowest BCUT2D eigenvalue weighted by Crippen LogP contribution is -1.92. The molecule has 4 heteroatoms. The molecule has 0 spiro atoms. The van der Waals surface area contributed by atoms with Crippen molar-refractivity contribution in [3.63, 3.8) is 0 Å². The number of pyridine rings is 2. The van der Waals surface area contributed by atoms with Crippen LogP contribution in [0.5, 0.6) is 5.75 Å². The molecule has 0 aliphatic carbocycles. The van der Waals surface area contributed by atoms with E-state index in [2.05, 4.69) is 32.7 Å². The Kier molecular flexibility index (Phi) is 2.97. The van der Waals surface area contributed by atoms with E-state index in [-0.39, 0.29) is 0 Å². The lowest BCUT2D eigenvalue weighted by molar-refractivity contribution is 0.617. The highest BCUT2D eigenvalue weighted by atomic mass is 27.1. The zero-order valence-corrected chi connectivity index (χ0v) is 10.7. The molecule has 2 aromatic heterocycles. The van der Waals surface area contributed by atoms with Crippen LogP contribution in [0.2, 0.25) is 0 Å². The SMILES string of the molecule is [Al][O]c1ccncc1-c1cc2ccccc2cn1. The quantitative estimate of drug-likeness (QED) is 0.654. The summed E-state index contributed by atoms with van der Waals surface area (Å²) in [6.45, 7) is 0. The van der Waals surface area contributed by atoms with Gasteiger partial charge in [-0.15, -0.1) is 0 Å². The summed E-state index contributed by atoms with van der Waals surface area (Å²) in [5.41, 5.74) is 1.75. The first kappa shape index (κ1) is 11.2. The van der Waals surface area contributed by atoms with Crippen LogP contribution in [0.1, 0.15) is 0 Å². The van der Waals surface area contributed by atoms with Crippen molar-refractivity contribution in [3.8, 4) is 17.0 Å². The maximum atomic E-state index is 5.25. The molecular formula is C14H9AlN2O. The molecule has 0 atom stereocenters. The summed E-state index contributed by atoms with van der Waals surface area (Å²) in [5, 5.41) is 2.28. The molecular weight excluding hydrogens is 239 g/mol. The van der Waals surface area contributed by atoms with Gasteiger partial charge in [0.25, 0.3) is 0 Å². The van der Waals surface area contributed by atoms with E-state index in [9.17, 15) is 0 Å². The van der Waals surface area contributed by atoms with Crippen molar-refractivity contribution in [2.45, 2.75) is 0 Å². The van der Waals surface area contributed by atoms with Crippen molar-refractivity contribution < 1.29 is 3.79 Å². The summed E-state index contributed by atoms with van der Waals surface area (Å²) in [4.78, 5) is 8.58. The van der Waals surface area contributed by atoms with Gasteiger partial charge < -0.3 is 3.79 Å². The van der Waals surface area contributed by atoms with E-state index >= 15 is 0 Å². The maximum absolute atomic E-state index is 5.25. The van der Waals surface area contributed by atoms with E-state index in [0.717, 1.165) is 27.8 Å². The van der Waals surface area contributed by atoms with Gasteiger partial charge in [0.1, 0.15) is 0 Å². The zero-order valence-electron chi connectivity index (χ0n) is 9.58. The Bertz CT molecular complexity index is 700. The van der Waals surface area contributed by atoms with E-state index in [1.807, 2.05) is 36.5 Å². The number of hydrogen-bond donors (Lipinski definition) is 0. The third-order valence-corrected chi connectivity index (χ3v) is 3.07. The van der Waals surface area contributed by atoms with Crippen molar-refractivity contribution in [3.05, 3.63) is 55.0 Å². The standard InChI is InChI=1S/C14H10N2O.Al/c17-14-5-6-15-9-12(14)13-7-10-3-1-2-4-11(10)8-16-13;/h1-9H,(H,15,17);/q;+1/p-1. The van der Waals surface area contributed by atoms with Gasteiger partial charge in [-0.1, -0.05) is 24.3 Å². The van der Waals surface area contributed by atoms with Crippen molar-refractivity contribution in [2.75, 3.05) is 0 Å². The molecule has 3 aromatic rings. The fourth-order valence-corrected chi connectivity index (χ4v) is 2.11. The average molecular weight is 248 g/mol. The summed E-state index contributed by atoms with van der Waals surface area (Å²) in [7, 11) is 0. The highest BCUT2D eigenvalue weighted by Gasteiger charge is 2.06. The first-order chi connectivity index (χ1) is 8.88. The molecule has 2 radical (unpaired) electrons. The molecule has 0 bridgehead atoms. The van der Waals surface area contributed by atoms with E-state index < -0.39 is 0 Å². The van der Waals surface area contributed by atoms with Crippen molar-refractivity contribution in [2.24, 2.45) is 0 Å². The minimum Gasteiger partial charge on any atom is -0.653 e. The predicted molar refractivity (Wildman–Crippen MR) is 71.4 cm³/mol. The van der Waals surface area contributed by atoms with Crippen LogP contribution < -0.4 is 3.79 Å². The average Bonchev–Trinajstić information content (AvgIpc) is 2.46. The van der Waals surface area contributed by atoms with Crippen LogP contribution in [-0.4, -0.2) is 26.6 Å². The third-order valence-electron chi connectivity index (χ3n) is 2.81. The fourth-order valence-electron chi connectivity index (χ4n) is 1.91. The van der Waals surface area contributed by atoms with Crippen LogP contribution in [0.4, 0.5) is 0 Å². The molecule has 1 aromatic carbocycles. The summed E-state index contributed by atoms with van der Waals surface area (Å²) in [6.07, 6.45) is 5.32. The van der Waals surface area contributed by atoms with Crippen LogP contribution in [0, 0.1) is 0 Å².